The Kier molecular flexibility index (Phi) is 38.7. The first-order valence-corrected chi connectivity index (χ1v) is 27.6. The number of unbranched alkanes of at least 4 members (excludes halogenated alkanes) is 1. The molecular formula is C61H95N3O16. The maximum absolute atomic E-state index is 12.8. The van der Waals surface area contributed by atoms with E-state index in [-0.39, 0.29) is 68.8 Å². The lowest BCUT2D eigenvalue weighted by Crippen LogP contribution is -2.35. The summed E-state index contributed by atoms with van der Waals surface area (Å²) < 4.78 is 5.48. The number of guanidine groups is 1. The van der Waals surface area contributed by atoms with Gasteiger partial charge in [0.15, 0.2) is 11.7 Å². The van der Waals surface area contributed by atoms with Crippen LogP contribution in [0.15, 0.2) is 150 Å². The van der Waals surface area contributed by atoms with Crippen LogP contribution in [0, 0.1) is 17.8 Å². The minimum absolute atomic E-state index is 0.0113. The Morgan fingerprint density at radius 3 is 1.68 bits per heavy atom. The van der Waals surface area contributed by atoms with Crippen molar-refractivity contribution in [2.24, 2.45) is 34.2 Å². The van der Waals surface area contributed by atoms with Crippen LogP contribution in [0.5, 0.6) is 0 Å². The minimum atomic E-state index is -1.57. The van der Waals surface area contributed by atoms with Crippen molar-refractivity contribution < 1.29 is 80.7 Å². The van der Waals surface area contributed by atoms with E-state index >= 15 is 0 Å². The van der Waals surface area contributed by atoms with E-state index in [1.165, 1.54) is 50.3 Å². The number of aliphatic carboxylic acids is 1. The fourth-order valence-corrected chi connectivity index (χ4v) is 8.09. The number of nitrogens with two attached hydrogens (primary N) is 2. The average Bonchev–Trinajstić information content (AvgIpc) is 4.16. The molecule has 0 saturated carbocycles. The number of carboxylic acid groups (broad SMARTS) is 1. The molecule has 80 heavy (non-hydrogen) atoms. The lowest BCUT2D eigenvalue weighted by Gasteiger charge is -2.25. The maximum atomic E-state index is 12.8. The van der Waals surface area contributed by atoms with Gasteiger partial charge in [0.25, 0.3) is 0 Å². The van der Waals surface area contributed by atoms with Crippen molar-refractivity contribution in [3.8, 4) is 0 Å². The molecule has 0 aromatic carbocycles. The number of aliphatic hydroxyl groups excluding tert-OH is 12. The Balaban J connectivity index is 2.34. The Morgan fingerprint density at radius 2 is 1.09 bits per heavy atom. The van der Waals surface area contributed by atoms with Crippen molar-refractivity contribution in [1.29, 1.82) is 0 Å². The first kappa shape index (κ1) is 72.8. The Morgan fingerprint density at radius 1 is 0.562 bits per heavy atom. The van der Waals surface area contributed by atoms with Gasteiger partial charge < -0.3 is 82.6 Å². The number of ketones is 1. The fourth-order valence-electron chi connectivity index (χ4n) is 8.09. The van der Waals surface area contributed by atoms with E-state index in [9.17, 15) is 70.9 Å². The van der Waals surface area contributed by atoms with E-state index in [1.807, 2.05) is 31.2 Å². The molecule has 1 aliphatic heterocycles. The number of aliphatic imine (C=N–C) groups is 1. The Labute approximate surface area is 473 Å². The molecule has 17 unspecified atom stereocenters. The highest BCUT2D eigenvalue weighted by atomic mass is 16.6. The van der Waals surface area contributed by atoms with Crippen LogP contribution in [-0.4, -0.2) is 176 Å². The number of rotatable bonds is 43. The molecule has 0 aromatic rings. The van der Waals surface area contributed by atoms with Crippen molar-refractivity contribution in [2.45, 2.75) is 190 Å². The van der Waals surface area contributed by atoms with Gasteiger partial charge in [0.2, 0.25) is 0 Å². The average molecular weight is 1130 g/mol. The van der Waals surface area contributed by atoms with Crippen LogP contribution in [0.2, 0.25) is 0 Å². The van der Waals surface area contributed by atoms with Crippen molar-refractivity contribution in [3.05, 3.63) is 145 Å². The number of Topliss-reactive ketones (excluding diaryl/α,β-unsaturated/α-hetero) is 1. The van der Waals surface area contributed by atoms with Crippen molar-refractivity contribution in [3.63, 3.8) is 0 Å². The van der Waals surface area contributed by atoms with Crippen LogP contribution in [0.25, 0.3) is 0 Å². The van der Waals surface area contributed by atoms with Crippen LogP contribution in [-0.2, 0) is 14.3 Å². The molecule has 17 atom stereocenters. The Bertz CT molecular complexity index is 2140. The largest absolute Gasteiger partial charge is 0.478 e. The van der Waals surface area contributed by atoms with Crippen molar-refractivity contribution >= 4 is 17.7 Å². The van der Waals surface area contributed by atoms with Gasteiger partial charge in [-0.15, -0.1) is 0 Å². The van der Waals surface area contributed by atoms with Crippen LogP contribution >= 0.6 is 0 Å². The van der Waals surface area contributed by atoms with Gasteiger partial charge in [-0.1, -0.05) is 161 Å². The molecular weight excluding hydrogens is 1030 g/mol. The van der Waals surface area contributed by atoms with Crippen LogP contribution in [0.1, 0.15) is 105 Å². The molecule has 1 saturated heterocycles. The first-order chi connectivity index (χ1) is 37.9. The van der Waals surface area contributed by atoms with E-state index in [1.54, 1.807) is 85.9 Å². The van der Waals surface area contributed by atoms with Gasteiger partial charge in [-0.3, -0.25) is 9.79 Å². The van der Waals surface area contributed by atoms with Crippen LogP contribution in [0.4, 0.5) is 0 Å². The number of hydrogen-bond acceptors (Lipinski definition) is 16. The van der Waals surface area contributed by atoms with Crippen molar-refractivity contribution in [1.82, 2.24) is 0 Å². The molecule has 0 aromatic heterocycles. The van der Waals surface area contributed by atoms with Gasteiger partial charge in [-0.25, -0.2) is 4.79 Å². The second kappa shape index (κ2) is 42.6. The summed E-state index contributed by atoms with van der Waals surface area (Å²) in [5.41, 5.74) is 10.8. The van der Waals surface area contributed by atoms with E-state index in [2.05, 4.69) is 4.99 Å². The van der Waals surface area contributed by atoms with Gasteiger partial charge in [0.05, 0.1) is 73.2 Å². The second-order valence-corrected chi connectivity index (χ2v) is 20.5. The number of carbonyl (C=O) groups excluding carboxylic acids is 1. The zero-order chi connectivity index (χ0) is 60.0. The third kappa shape index (κ3) is 35.5. The molecule has 0 aliphatic carbocycles. The van der Waals surface area contributed by atoms with Crippen molar-refractivity contribution in [2.75, 3.05) is 6.54 Å². The van der Waals surface area contributed by atoms with Gasteiger partial charge in [0, 0.05) is 55.6 Å². The number of hydrogen-bond donors (Lipinski definition) is 15. The predicted octanol–water partition coefficient (Wildman–Crippen LogP) is 3.67. The summed E-state index contributed by atoms with van der Waals surface area (Å²) in [6.07, 6.45) is 27.8. The maximum Gasteiger partial charge on any atom is 0.331 e. The highest BCUT2D eigenvalue weighted by molar-refractivity contribution is 5.86. The SMILES string of the molecule is C\C(=C/C=C/C=C/CC/C=C/C(C)C(O)C(C)C(O)/C=C/C=C/C=C/C=C/C=C/C=C\C(O)C(C)C(=O)C(O)CC(O)/C=C/CC(O)CC(O)CC(O)/C=C/CC(O)CC(O)C1OC1CC(O)CC(O)CCCN=C(N)N)C(=O)O. The number of aliphatic hydroxyl groups is 12. The summed E-state index contributed by atoms with van der Waals surface area (Å²) in [6, 6.07) is 0. The molecule has 0 bridgehead atoms. The molecule has 17 N–H and O–H groups in total. The summed E-state index contributed by atoms with van der Waals surface area (Å²) in [7, 11) is 0. The number of carbonyl (C=O) groups is 2. The highest BCUT2D eigenvalue weighted by Gasteiger charge is 2.45. The minimum Gasteiger partial charge on any atom is -0.478 e. The normalized spacial score (nSPS) is 21.6. The summed E-state index contributed by atoms with van der Waals surface area (Å²) >= 11 is 0. The van der Waals surface area contributed by atoms with Crippen LogP contribution in [0.3, 0.4) is 0 Å². The lowest BCUT2D eigenvalue weighted by atomic mass is 9.88. The molecule has 1 rings (SSSR count). The number of carboxylic acids is 1. The Hall–Kier alpha value is -5.23. The molecule has 19 nitrogen and oxygen atoms in total. The molecule has 1 fully saturated rings. The van der Waals surface area contributed by atoms with Gasteiger partial charge in [-0.2, -0.15) is 0 Å². The summed E-state index contributed by atoms with van der Waals surface area (Å²) in [5.74, 6) is -3.19. The highest BCUT2D eigenvalue weighted by Crippen LogP contribution is 2.32. The fraction of sp³-hybridized carbons (Fsp3) is 0.557. The summed E-state index contributed by atoms with van der Waals surface area (Å²) in [6.45, 7) is 7.04. The zero-order valence-corrected chi connectivity index (χ0v) is 46.9. The van der Waals surface area contributed by atoms with E-state index in [0.29, 0.717) is 19.4 Å². The first-order valence-electron chi connectivity index (χ1n) is 27.6. The van der Waals surface area contributed by atoms with E-state index < -0.39 is 109 Å². The predicted molar refractivity (Wildman–Crippen MR) is 311 cm³/mol. The molecule has 1 heterocycles. The topological polar surface area (TPSA) is 374 Å². The lowest BCUT2D eigenvalue weighted by molar-refractivity contribution is -0.134. The molecule has 0 amide bonds. The molecule has 0 spiro atoms. The van der Waals surface area contributed by atoms with Gasteiger partial charge in [-0.05, 0) is 58.3 Å². The molecule has 0 radical (unpaired) electrons. The molecule has 19 heteroatoms. The zero-order valence-electron chi connectivity index (χ0n) is 46.9. The summed E-state index contributed by atoms with van der Waals surface area (Å²) in [5, 5.41) is 134. The number of nitrogens with zero attached hydrogens (tertiary/aromatic N) is 1. The monoisotopic (exact) mass is 1130 g/mol. The van der Waals surface area contributed by atoms with Gasteiger partial charge >= 0.3 is 5.97 Å². The van der Waals surface area contributed by atoms with E-state index in [0.717, 1.165) is 12.8 Å². The number of ether oxygens (including phenoxy) is 1. The number of epoxide rings is 1. The van der Waals surface area contributed by atoms with Gasteiger partial charge in [0.1, 0.15) is 12.2 Å². The molecule has 1 aliphatic rings. The third-order valence-electron chi connectivity index (χ3n) is 13.1. The number of allylic oxidation sites excluding steroid dienone is 16. The second-order valence-electron chi connectivity index (χ2n) is 20.5. The third-order valence-corrected chi connectivity index (χ3v) is 13.1. The summed E-state index contributed by atoms with van der Waals surface area (Å²) in [4.78, 5) is 27.4. The molecule has 450 valence electrons. The standard InChI is InChI=1S/C61H95N3O16/c1-41(25-18-14-10-9-11-15-19-26-42(2)60(78)79)57(76)43(3)52(72)32-20-16-12-7-5-6-8-13-17-21-33-53(73)44(4)58(77)54(74)38-48(68)29-22-27-45(65)35-50(70)36-46(66)28-23-30-49(69)39-55(75)59-56(80-59)40-51(71)37-47(67)31-24-34-64-61(62)63/h5-9,11-13,15-23,25-26,28-29,32-33,41,43-57,59,65-76H,10,14,24,27,30-31,34-40H2,1-4H3,(H,78,79)(H4,62,63,64)/b7-5+,8-6+,11-9+,16-12+,17-13+,19-15+,25-18+,28-23+,29-22+,32-20+,33-21-,42-26+. The smallest absolute Gasteiger partial charge is 0.331 e. The van der Waals surface area contributed by atoms with Crippen LogP contribution < -0.4 is 11.5 Å². The van der Waals surface area contributed by atoms with E-state index in [4.69, 9.17) is 21.3 Å². The quantitative estimate of drug-likeness (QED) is 0.00788.